The van der Waals surface area contributed by atoms with Crippen LogP contribution < -0.4 is 5.32 Å². The lowest BCUT2D eigenvalue weighted by molar-refractivity contribution is -0.143. The number of amides is 1. The number of aliphatic hydroxyl groups excluding tert-OH is 2. The van der Waals surface area contributed by atoms with E-state index in [1.807, 2.05) is 6.08 Å². The number of allylic oxidation sites excluding steroid dienone is 1. The first-order chi connectivity index (χ1) is 30.5. The molecule has 0 aliphatic rings. The van der Waals surface area contributed by atoms with Gasteiger partial charge in [-0.25, -0.2) is 0 Å². The predicted molar refractivity (Wildman–Crippen MR) is 269 cm³/mol. The Balaban J connectivity index is 3.45. The van der Waals surface area contributed by atoms with E-state index in [1.165, 1.54) is 225 Å². The van der Waals surface area contributed by atoms with Crippen molar-refractivity contribution in [2.45, 2.75) is 321 Å². The van der Waals surface area contributed by atoms with Crippen molar-refractivity contribution in [1.82, 2.24) is 5.32 Å². The molecule has 0 saturated heterocycles. The second-order valence-electron chi connectivity index (χ2n) is 19.3. The molecule has 6 heteroatoms. The van der Waals surface area contributed by atoms with Crippen molar-refractivity contribution in [3.8, 4) is 0 Å². The Morgan fingerprint density at radius 1 is 0.435 bits per heavy atom. The third-order valence-electron chi connectivity index (χ3n) is 13.1. The van der Waals surface area contributed by atoms with E-state index >= 15 is 0 Å². The van der Waals surface area contributed by atoms with Gasteiger partial charge in [0, 0.05) is 12.8 Å². The average molecular weight is 876 g/mol. The Morgan fingerprint density at radius 2 is 0.742 bits per heavy atom. The summed E-state index contributed by atoms with van der Waals surface area (Å²) in [5, 5.41) is 23.1. The molecule has 0 aliphatic heterocycles. The highest BCUT2D eigenvalue weighted by atomic mass is 16.5. The van der Waals surface area contributed by atoms with Crippen LogP contribution in [0.4, 0.5) is 0 Å². The molecule has 0 aromatic rings. The van der Waals surface area contributed by atoms with Crippen molar-refractivity contribution in [2.75, 3.05) is 13.2 Å². The Bertz CT molecular complexity index is 924. The van der Waals surface area contributed by atoms with Gasteiger partial charge in [-0.1, -0.05) is 276 Å². The van der Waals surface area contributed by atoms with Crippen molar-refractivity contribution in [3.05, 3.63) is 12.2 Å². The van der Waals surface area contributed by atoms with Crippen LogP contribution in [-0.2, 0) is 14.3 Å². The molecule has 0 radical (unpaired) electrons. The molecule has 0 aromatic carbocycles. The lowest BCUT2D eigenvalue weighted by Gasteiger charge is -2.20. The summed E-state index contributed by atoms with van der Waals surface area (Å²) >= 11 is 0. The molecule has 2 atom stereocenters. The first-order valence-corrected chi connectivity index (χ1v) is 28.0. The average Bonchev–Trinajstić information content (AvgIpc) is 3.27. The largest absolute Gasteiger partial charge is 0.466 e. The number of hydrogen-bond donors (Lipinski definition) is 3. The van der Waals surface area contributed by atoms with Crippen molar-refractivity contribution in [1.29, 1.82) is 0 Å². The number of carbonyl (C=O) groups excluding carboxylic acids is 2. The van der Waals surface area contributed by atoms with Crippen LogP contribution in [0.3, 0.4) is 0 Å². The van der Waals surface area contributed by atoms with E-state index in [2.05, 4.69) is 19.2 Å². The van der Waals surface area contributed by atoms with Crippen molar-refractivity contribution in [2.24, 2.45) is 0 Å². The highest BCUT2D eigenvalue weighted by Gasteiger charge is 2.18. The van der Waals surface area contributed by atoms with Gasteiger partial charge < -0.3 is 20.3 Å². The fourth-order valence-corrected chi connectivity index (χ4v) is 8.75. The molecule has 0 saturated carbocycles. The zero-order chi connectivity index (χ0) is 45.1. The smallest absolute Gasteiger partial charge is 0.305 e. The Morgan fingerprint density at radius 3 is 1.10 bits per heavy atom. The zero-order valence-corrected chi connectivity index (χ0v) is 41.9. The summed E-state index contributed by atoms with van der Waals surface area (Å²) in [6, 6.07) is -0.634. The molecule has 0 fully saturated rings. The van der Waals surface area contributed by atoms with E-state index in [0.29, 0.717) is 19.4 Å². The minimum atomic E-state index is -0.850. The maximum Gasteiger partial charge on any atom is 0.305 e. The Labute approximate surface area is 387 Å². The molecular weight excluding hydrogens is 767 g/mol. The second-order valence-corrected chi connectivity index (χ2v) is 19.3. The number of unbranched alkanes of at least 4 members (excludes halogenated alkanes) is 41. The van der Waals surface area contributed by atoms with E-state index in [-0.39, 0.29) is 18.5 Å². The molecule has 0 heterocycles. The second kappa shape index (κ2) is 52.2. The molecule has 62 heavy (non-hydrogen) atoms. The van der Waals surface area contributed by atoms with Gasteiger partial charge >= 0.3 is 5.97 Å². The Kier molecular flexibility index (Phi) is 51.0. The highest BCUT2D eigenvalue weighted by molar-refractivity contribution is 5.76. The van der Waals surface area contributed by atoms with Crippen LogP contribution in [0.2, 0.25) is 0 Å². The van der Waals surface area contributed by atoms with Crippen LogP contribution in [0.25, 0.3) is 0 Å². The van der Waals surface area contributed by atoms with Crippen LogP contribution in [0.5, 0.6) is 0 Å². The van der Waals surface area contributed by atoms with E-state index in [1.54, 1.807) is 6.08 Å². The van der Waals surface area contributed by atoms with Gasteiger partial charge in [0.05, 0.1) is 25.4 Å². The summed E-state index contributed by atoms with van der Waals surface area (Å²) < 4.78 is 5.47. The predicted octanol–water partition coefficient (Wildman–Crippen LogP) is 16.9. The van der Waals surface area contributed by atoms with Crippen LogP contribution in [0, 0.1) is 0 Å². The molecule has 0 bridgehead atoms. The quantitative estimate of drug-likeness (QED) is 0.0321. The lowest BCUT2D eigenvalue weighted by Crippen LogP contribution is -2.45. The van der Waals surface area contributed by atoms with E-state index in [9.17, 15) is 19.8 Å². The van der Waals surface area contributed by atoms with Gasteiger partial charge in [0.1, 0.15) is 0 Å². The summed E-state index contributed by atoms with van der Waals surface area (Å²) in [7, 11) is 0. The fourth-order valence-electron chi connectivity index (χ4n) is 8.75. The lowest BCUT2D eigenvalue weighted by atomic mass is 10.0. The summed E-state index contributed by atoms with van der Waals surface area (Å²) in [5.41, 5.74) is 0. The van der Waals surface area contributed by atoms with Crippen LogP contribution in [-0.4, -0.2) is 47.4 Å². The summed E-state index contributed by atoms with van der Waals surface area (Å²) in [5.74, 6) is -0.0763. The normalized spacial score (nSPS) is 12.6. The molecule has 0 spiro atoms. The maximum absolute atomic E-state index is 12.4. The van der Waals surface area contributed by atoms with Gasteiger partial charge in [-0.3, -0.25) is 9.59 Å². The molecule has 0 aromatic heterocycles. The van der Waals surface area contributed by atoms with Gasteiger partial charge in [-0.05, 0) is 32.1 Å². The van der Waals surface area contributed by atoms with Gasteiger partial charge in [-0.2, -0.15) is 0 Å². The standard InChI is InChI=1S/C56H109NO5/c1-3-5-7-9-11-13-15-17-19-21-24-28-32-36-40-44-48-54(59)53(52-58)57-55(60)49-45-41-37-33-29-25-22-23-27-31-35-39-43-47-51-62-56(61)50-46-42-38-34-30-26-20-18-16-14-12-10-8-6-4-2/h44,48,53-54,58-59H,3-43,45-47,49-52H2,1-2H3,(H,57,60)/b48-44+. The minimum absolute atomic E-state index is 0.0000909. The number of nitrogens with one attached hydrogen (secondary N) is 1. The summed E-state index contributed by atoms with van der Waals surface area (Å²) in [4.78, 5) is 24.5. The highest BCUT2D eigenvalue weighted by Crippen LogP contribution is 2.17. The minimum Gasteiger partial charge on any atom is -0.466 e. The summed E-state index contributed by atoms with van der Waals surface area (Å²) in [6.07, 6.45) is 60.7. The number of rotatable bonds is 52. The number of carbonyl (C=O) groups is 2. The molecule has 0 rings (SSSR count). The number of ether oxygens (including phenoxy) is 1. The van der Waals surface area contributed by atoms with Gasteiger partial charge in [-0.15, -0.1) is 0 Å². The topological polar surface area (TPSA) is 95.9 Å². The van der Waals surface area contributed by atoms with Crippen LogP contribution >= 0.6 is 0 Å². The first-order valence-electron chi connectivity index (χ1n) is 28.0. The molecule has 2 unspecified atom stereocenters. The molecule has 0 aliphatic carbocycles. The van der Waals surface area contributed by atoms with Gasteiger partial charge in [0.25, 0.3) is 0 Å². The molecule has 1 amide bonds. The van der Waals surface area contributed by atoms with E-state index in [0.717, 1.165) is 57.8 Å². The van der Waals surface area contributed by atoms with Crippen LogP contribution in [0.1, 0.15) is 309 Å². The third-order valence-corrected chi connectivity index (χ3v) is 13.1. The molecule has 6 nitrogen and oxygen atoms in total. The number of aliphatic hydroxyl groups is 2. The van der Waals surface area contributed by atoms with E-state index in [4.69, 9.17) is 4.74 Å². The molecule has 368 valence electrons. The monoisotopic (exact) mass is 876 g/mol. The number of hydrogen-bond acceptors (Lipinski definition) is 5. The fraction of sp³-hybridized carbons (Fsp3) is 0.929. The SMILES string of the molecule is CCCCCCCCCCCCCCCC/C=C/C(O)C(CO)NC(=O)CCCCCCCCCCCCCCCCOC(=O)CCCCCCCCCCCCCCCCC. The van der Waals surface area contributed by atoms with E-state index < -0.39 is 12.1 Å². The van der Waals surface area contributed by atoms with Crippen molar-refractivity contribution in [3.63, 3.8) is 0 Å². The Hall–Kier alpha value is -1.40. The zero-order valence-electron chi connectivity index (χ0n) is 41.9. The van der Waals surface area contributed by atoms with Crippen LogP contribution in [0.15, 0.2) is 12.2 Å². The number of esters is 1. The maximum atomic E-state index is 12.4. The molecular formula is C56H109NO5. The molecule has 3 N–H and O–H groups in total. The van der Waals surface area contributed by atoms with Crippen molar-refractivity contribution >= 4 is 11.9 Å². The third kappa shape index (κ3) is 48.1. The van der Waals surface area contributed by atoms with Gasteiger partial charge in [0.15, 0.2) is 0 Å². The first kappa shape index (κ1) is 60.6. The van der Waals surface area contributed by atoms with Gasteiger partial charge in [0.2, 0.25) is 5.91 Å². The summed E-state index contributed by atoms with van der Waals surface area (Å²) in [6.45, 7) is 4.90. The van der Waals surface area contributed by atoms with Crippen molar-refractivity contribution < 1.29 is 24.5 Å².